The highest BCUT2D eigenvalue weighted by atomic mass is 79.9. The van der Waals surface area contributed by atoms with E-state index in [2.05, 4.69) is 15.9 Å². The highest BCUT2D eigenvalue weighted by Gasteiger charge is 2.24. The van der Waals surface area contributed by atoms with E-state index in [0.29, 0.717) is 5.92 Å². The monoisotopic (exact) mass is 313 g/mol. The van der Waals surface area contributed by atoms with Crippen LogP contribution in [0.2, 0.25) is 0 Å². The molecule has 4 heteroatoms. The molecule has 0 radical (unpaired) electrons. The van der Waals surface area contributed by atoms with Crippen LogP contribution >= 0.6 is 15.9 Å². The lowest BCUT2D eigenvalue weighted by molar-refractivity contribution is 0.278. The quantitative estimate of drug-likeness (QED) is 0.905. The first-order chi connectivity index (χ1) is 8.41. The van der Waals surface area contributed by atoms with Gasteiger partial charge in [0, 0.05) is 5.54 Å². The number of hydrogen-bond donors (Lipinski definition) is 1. The van der Waals surface area contributed by atoms with Gasteiger partial charge in [0.1, 0.15) is 0 Å². The van der Waals surface area contributed by atoms with Gasteiger partial charge in [-0.2, -0.15) is 0 Å². The molecule has 2 rings (SSSR count). The standard InChI is InChI=1S/C14H20BrNO2/c1-14(2,16)10-6-11(15)13(12(7-10)17-3)18-8-9-4-5-9/h6-7,9H,4-5,8,16H2,1-3H3. The van der Waals surface area contributed by atoms with E-state index in [-0.39, 0.29) is 0 Å². The Hall–Kier alpha value is -0.740. The fourth-order valence-electron chi connectivity index (χ4n) is 1.72. The zero-order valence-corrected chi connectivity index (χ0v) is 12.7. The number of benzene rings is 1. The van der Waals surface area contributed by atoms with Gasteiger partial charge in [0.15, 0.2) is 11.5 Å². The summed E-state index contributed by atoms with van der Waals surface area (Å²) in [6.45, 7) is 4.71. The number of nitrogens with two attached hydrogens (primary N) is 1. The van der Waals surface area contributed by atoms with Gasteiger partial charge in [-0.3, -0.25) is 0 Å². The third-order valence-electron chi connectivity index (χ3n) is 3.13. The molecule has 3 nitrogen and oxygen atoms in total. The molecule has 1 aromatic rings. The van der Waals surface area contributed by atoms with E-state index < -0.39 is 5.54 Å². The summed E-state index contributed by atoms with van der Waals surface area (Å²) in [6, 6.07) is 3.96. The summed E-state index contributed by atoms with van der Waals surface area (Å²) < 4.78 is 12.1. The molecule has 0 saturated heterocycles. The molecule has 0 atom stereocenters. The second-order valence-electron chi connectivity index (χ2n) is 5.47. The molecule has 0 bridgehead atoms. The second-order valence-corrected chi connectivity index (χ2v) is 6.32. The summed E-state index contributed by atoms with van der Waals surface area (Å²) in [4.78, 5) is 0. The average Bonchev–Trinajstić information content (AvgIpc) is 3.09. The van der Waals surface area contributed by atoms with Crippen LogP contribution in [-0.2, 0) is 5.54 Å². The van der Waals surface area contributed by atoms with Gasteiger partial charge in [0.25, 0.3) is 0 Å². The van der Waals surface area contributed by atoms with Gasteiger partial charge in [0.2, 0.25) is 0 Å². The molecule has 0 heterocycles. The summed E-state index contributed by atoms with van der Waals surface area (Å²) in [6.07, 6.45) is 2.54. The van der Waals surface area contributed by atoms with E-state index in [0.717, 1.165) is 28.1 Å². The summed E-state index contributed by atoms with van der Waals surface area (Å²) in [7, 11) is 1.65. The molecule has 100 valence electrons. The molecule has 18 heavy (non-hydrogen) atoms. The highest BCUT2D eigenvalue weighted by Crippen LogP contribution is 2.40. The zero-order chi connectivity index (χ0) is 13.3. The zero-order valence-electron chi connectivity index (χ0n) is 11.1. The molecule has 1 aliphatic rings. The van der Waals surface area contributed by atoms with Crippen LogP contribution in [0, 0.1) is 5.92 Å². The molecule has 1 saturated carbocycles. The Kier molecular flexibility index (Phi) is 3.87. The maximum absolute atomic E-state index is 6.11. The Morgan fingerprint density at radius 3 is 2.56 bits per heavy atom. The van der Waals surface area contributed by atoms with Crippen molar-refractivity contribution < 1.29 is 9.47 Å². The predicted molar refractivity (Wildman–Crippen MR) is 76.1 cm³/mol. The Labute approximate surface area is 117 Å². The van der Waals surface area contributed by atoms with Crippen LogP contribution in [0.1, 0.15) is 32.3 Å². The summed E-state index contributed by atoms with van der Waals surface area (Å²) in [5, 5.41) is 0. The van der Waals surface area contributed by atoms with Crippen LogP contribution in [0.4, 0.5) is 0 Å². The first-order valence-corrected chi connectivity index (χ1v) is 7.01. The summed E-state index contributed by atoms with van der Waals surface area (Å²) in [5.41, 5.74) is 6.73. The number of halogens is 1. The topological polar surface area (TPSA) is 44.5 Å². The molecule has 0 amide bonds. The Morgan fingerprint density at radius 1 is 1.39 bits per heavy atom. The molecule has 0 aromatic heterocycles. The van der Waals surface area contributed by atoms with E-state index >= 15 is 0 Å². The minimum absolute atomic E-state index is 0.398. The lowest BCUT2D eigenvalue weighted by atomic mass is 9.95. The van der Waals surface area contributed by atoms with Gasteiger partial charge >= 0.3 is 0 Å². The number of methoxy groups -OCH3 is 1. The van der Waals surface area contributed by atoms with Gasteiger partial charge in [-0.05, 0) is 66.2 Å². The fourth-order valence-corrected chi connectivity index (χ4v) is 2.27. The van der Waals surface area contributed by atoms with Crippen molar-refractivity contribution in [3.8, 4) is 11.5 Å². The van der Waals surface area contributed by atoms with Gasteiger partial charge in [-0.15, -0.1) is 0 Å². The number of hydrogen-bond acceptors (Lipinski definition) is 3. The minimum Gasteiger partial charge on any atom is -0.493 e. The SMILES string of the molecule is COc1cc(C(C)(C)N)cc(Br)c1OCC1CC1. The second kappa shape index (κ2) is 5.10. The molecular formula is C14H20BrNO2. The molecule has 0 aliphatic heterocycles. The van der Waals surface area contributed by atoms with Gasteiger partial charge < -0.3 is 15.2 Å². The molecule has 1 aliphatic carbocycles. The molecule has 0 unspecified atom stereocenters. The molecule has 0 spiro atoms. The summed E-state index contributed by atoms with van der Waals surface area (Å²) >= 11 is 3.54. The lowest BCUT2D eigenvalue weighted by Gasteiger charge is -2.22. The number of rotatable bonds is 5. The van der Waals surface area contributed by atoms with Crippen molar-refractivity contribution >= 4 is 15.9 Å². The first kappa shape index (κ1) is 13.7. The smallest absolute Gasteiger partial charge is 0.175 e. The van der Waals surface area contributed by atoms with E-state index in [1.54, 1.807) is 7.11 Å². The van der Waals surface area contributed by atoms with Crippen LogP contribution in [0.3, 0.4) is 0 Å². The molecular weight excluding hydrogens is 294 g/mol. The highest BCUT2D eigenvalue weighted by molar-refractivity contribution is 9.10. The Bertz CT molecular complexity index is 436. The molecule has 1 aromatic carbocycles. The van der Waals surface area contributed by atoms with Crippen molar-refractivity contribution in [2.45, 2.75) is 32.2 Å². The number of ether oxygens (including phenoxy) is 2. The average molecular weight is 314 g/mol. The van der Waals surface area contributed by atoms with Crippen molar-refractivity contribution in [1.82, 2.24) is 0 Å². The lowest BCUT2D eigenvalue weighted by Crippen LogP contribution is -2.28. The third kappa shape index (κ3) is 3.18. The maximum Gasteiger partial charge on any atom is 0.175 e. The third-order valence-corrected chi connectivity index (χ3v) is 3.72. The van der Waals surface area contributed by atoms with E-state index in [1.807, 2.05) is 26.0 Å². The van der Waals surface area contributed by atoms with Crippen molar-refractivity contribution in [3.05, 3.63) is 22.2 Å². The van der Waals surface area contributed by atoms with Gasteiger partial charge in [0.05, 0.1) is 18.2 Å². The fraction of sp³-hybridized carbons (Fsp3) is 0.571. The van der Waals surface area contributed by atoms with Crippen LogP contribution in [0.15, 0.2) is 16.6 Å². The Balaban J connectivity index is 2.27. The molecule has 2 N–H and O–H groups in total. The maximum atomic E-state index is 6.11. The summed E-state index contributed by atoms with van der Waals surface area (Å²) in [5.74, 6) is 2.23. The van der Waals surface area contributed by atoms with Crippen LogP contribution in [0.25, 0.3) is 0 Å². The van der Waals surface area contributed by atoms with Crippen molar-refractivity contribution in [2.75, 3.05) is 13.7 Å². The normalized spacial score (nSPS) is 15.6. The van der Waals surface area contributed by atoms with Crippen LogP contribution in [-0.4, -0.2) is 13.7 Å². The Morgan fingerprint density at radius 2 is 2.06 bits per heavy atom. The van der Waals surface area contributed by atoms with E-state index in [1.165, 1.54) is 12.8 Å². The largest absolute Gasteiger partial charge is 0.493 e. The molecule has 1 fully saturated rings. The minimum atomic E-state index is -0.398. The van der Waals surface area contributed by atoms with Crippen molar-refractivity contribution in [3.63, 3.8) is 0 Å². The predicted octanol–water partition coefficient (Wildman–Crippen LogP) is 3.44. The van der Waals surface area contributed by atoms with Crippen molar-refractivity contribution in [1.29, 1.82) is 0 Å². The van der Waals surface area contributed by atoms with E-state index in [4.69, 9.17) is 15.2 Å². The van der Waals surface area contributed by atoms with Crippen LogP contribution < -0.4 is 15.2 Å². The first-order valence-electron chi connectivity index (χ1n) is 6.21. The van der Waals surface area contributed by atoms with Gasteiger partial charge in [-0.25, -0.2) is 0 Å². The van der Waals surface area contributed by atoms with Crippen LogP contribution in [0.5, 0.6) is 11.5 Å². The van der Waals surface area contributed by atoms with E-state index in [9.17, 15) is 0 Å². The van der Waals surface area contributed by atoms with Crippen molar-refractivity contribution in [2.24, 2.45) is 11.7 Å². The van der Waals surface area contributed by atoms with Gasteiger partial charge in [-0.1, -0.05) is 0 Å².